The lowest BCUT2D eigenvalue weighted by Crippen LogP contribution is -2.47. The molecule has 1 aliphatic rings. The van der Waals surface area contributed by atoms with Crippen molar-refractivity contribution in [1.29, 1.82) is 0 Å². The molecule has 1 saturated heterocycles. The minimum absolute atomic E-state index is 0.00685. The molecule has 0 saturated carbocycles. The fourth-order valence-corrected chi connectivity index (χ4v) is 6.92. The van der Waals surface area contributed by atoms with Gasteiger partial charge in [0.25, 0.3) is 0 Å². The summed E-state index contributed by atoms with van der Waals surface area (Å²) in [5, 5.41) is 1.54. The maximum Gasteiger partial charge on any atom is 0.157 e. The SMILES string of the molecule is C[Si](C)(c1ccccc1)[C@@H](CCC1OCCCO1)Cc1ccccc1. The van der Waals surface area contributed by atoms with Crippen LogP contribution in [0.4, 0.5) is 0 Å². The highest BCUT2D eigenvalue weighted by Crippen LogP contribution is 2.32. The van der Waals surface area contributed by atoms with Gasteiger partial charge in [0.15, 0.2) is 6.29 Å². The molecule has 2 nitrogen and oxygen atoms in total. The van der Waals surface area contributed by atoms with Gasteiger partial charge in [-0.05, 0) is 36.8 Å². The first-order valence-electron chi connectivity index (χ1n) is 9.49. The molecule has 134 valence electrons. The van der Waals surface area contributed by atoms with Crippen molar-refractivity contribution in [2.45, 2.75) is 50.6 Å². The molecule has 0 unspecified atom stereocenters. The monoisotopic (exact) mass is 354 g/mol. The molecule has 1 heterocycles. The van der Waals surface area contributed by atoms with E-state index in [9.17, 15) is 0 Å². The normalized spacial score (nSPS) is 17.4. The van der Waals surface area contributed by atoms with Crippen LogP contribution in [0.3, 0.4) is 0 Å². The van der Waals surface area contributed by atoms with Gasteiger partial charge < -0.3 is 9.47 Å². The van der Waals surface area contributed by atoms with Gasteiger partial charge in [-0.1, -0.05) is 78.9 Å². The summed E-state index contributed by atoms with van der Waals surface area (Å²) < 4.78 is 11.6. The van der Waals surface area contributed by atoms with Crippen molar-refractivity contribution in [3.8, 4) is 0 Å². The zero-order valence-corrected chi connectivity index (χ0v) is 16.5. The quantitative estimate of drug-likeness (QED) is 0.668. The van der Waals surface area contributed by atoms with Crippen LogP contribution < -0.4 is 5.19 Å². The third kappa shape index (κ3) is 5.03. The van der Waals surface area contributed by atoms with Gasteiger partial charge in [0.05, 0.1) is 21.3 Å². The highest BCUT2D eigenvalue weighted by molar-refractivity contribution is 6.91. The van der Waals surface area contributed by atoms with Crippen LogP contribution in [0.5, 0.6) is 0 Å². The molecule has 0 bridgehead atoms. The molecule has 0 spiro atoms. The fraction of sp³-hybridized carbons (Fsp3) is 0.455. The standard InChI is InChI=1S/C22H30O2Si/c1-25(2,20-12-7-4-8-13-20)21(18-19-10-5-3-6-11-19)14-15-22-23-16-9-17-24-22/h3-8,10-13,21-22H,9,14-18H2,1-2H3/t21-/m0/s1. The predicted molar refractivity (Wildman–Crippen MR) is 107 cm³/mol. The van der Waals surface area contributed by atoms with E-state index in [1.54, 1.807) is 5.19 Å². The second-order valence-corrected chi connectivity index (χ2v) is 12.4. The van der Waals surface area contributed by atoms with E-state index in [1.165, 1.54) is 5.56 Å². The van der Waals surface area contributed by atoms with Gasteiger partial charge in [-0.3, -0.25) is 0 Å². The van der Waals surface area contributed by atoms with Crippen molar-refractivity contribution in [2.24, 2.45) is 0 Å². The highest BCUT2D eigenvalue weighted by atomic mass is 28.3. The molecule has 2 aromatic rings. The Morgan fingerprint density at radius 2 is 1.52 bits per heavy atom. The van der Waals surface area contributed by atoms with Crippen LogP contribution in [0.15, 0.2) is 60.7 Å². The van der Waals surface area contributed by atoms with Crippen molar-refractivity contribution in [3.05, 3.63) is 66.2 Å². The molecule has 3 rings (SSSR count). The smallest absolute Gasteiger partial charge is 0.157 e. The van der Waals surface area contributed by atoms with Gasteiger partial charge >= 0.3 is 0 Å². The predicted octanol–water partition coefficient (Wildman–Crippen LogP) is 4.76. The zero-order chi connectivity index (χ0) is 17.5. The molecular formula is C22H30O2Si. The van der Waals surface area contributed by atoms with Gasteiger partial charge in [-0.15, -0.1) is 0 Å². The Kier molecular flexibility index (Phi) is 6.46. The van der Waals surface area contributed by atoms with E-state index in [2.05, 4.69) is 73.8 Å². The van der Waals surface area contributed by atoms with Crippen LogP contribution >= 0.6 is 0 Å². The van der Waals surface area contributed by atoms with E-state index in [1.807, 2.05) is 0 Å². The summed E-state index contributed by atoms with van der Waals surface area (Å²) in [6.07, 6.45) is 4.32. The van der Waals surface area contributed by atoms with Crippen LogP contribution in [0.2, 0.25) is 18.6 Å². The Balaban J connectivity index is 1.75. The average molecular weight is 355 g/mol. The molecule has 0 radical (unpaired) electrons. The van der Waals surface area contributed by atoms with Crippen LogP contribution in [-0.4, -0.2) is 27.6 Å². The first-order chi connectivity index (χ1) is 12.2. The van der Waals surface area contributed by atoms with Crippen LogP contribution in [0.25, 0.3) is 0 Å². The van der Waals surface area contributed by atoms with E-state index in [-0.39, 0.29) is 6.29 Å². The summed E-state index contributed by atoms with van der Waals surface area (Å²) >= 11 is 0. The van der Waals surface area contributed by atoms with E-state index in [0.717, 1.165) is 38.9 Å². The molecular weight excluding hydrogens is 324 g/mol. The first kappa shape index (κ1) is 18.4. The summed E-state index contributed by atoms with van der Waals surface area (Å²) in [7, 11) is -1.59. The Labute approximate surface area is 153 Å². The van der Waals surface area contributed by atoms with Gasteiger partial charge in [-0.25, -0.2) is 0 Å². The lowest BCUT2D eigenvalue weighted by atomic mass is 10.1. The van der Waals surface area contributed by atoms with Gasteiger partial charge in [0.2, 0.25) is 0 Å². The zero-order valence-electron chi connectivity index (χ0n) is 15.5. The molecule has 1 aliphatic heterocycles. The lowest BCUT2D eigenvalue weighted by molar-refractivity contribution is -0.181. The lowest BCUT2D eigenvalue weighted by Gasteiger charge is -2.35. The van der Waals surface area contributed by atoms with E-state index >= 15 is 0 Å². The molecule has 0 aromatic heterocycles. The third-order valence-electron chi connectivity index (χ3n) is 5.51. The molecule has 0 amide bonds. The van der Waals surface area contributed by atoms with Gasteiger partial charge in [0, 0.05) is 0 Å². The average Bonchev–Trinajstić information content (AvgIpc) is 2.67. The Hall–Kier alpha value is -1.42. The number of ether oxygens (including phenoxy) is 2. The number of rotatable bonds is 7. The van der Waals surface area contributed by atoms with Crippen LogP contribution in [0.1, 0.15) is 24.8 Å². The maximum atomic E-state index is 5.79. The van der Waals surface area contributed by atoms with Crippen molar-refractivity contribution in [1.82, 2.24) is 0 Å². The van der Waals surface area contributed by atoms with Crippen LogP contribution in [0, 0.1) is 0 Å². The van der Waals surface area contributed by atoms with Crippen molar-refractivity contribution < 1.29 is 9.47 Å². The minimum atomic E-state index is -1.59. The molecule has 0 N–H and O–H groups in total. The number of hydrogen-bond donors (Lipinski definition) is 0. The minimum Gasteiger partial charge on any atom is -0.353 e. The van der Waals surface area contributed by atoms with E-state index < -0.39 is 8.07 Å². The van der Waals surface area contributed by atoms with Gasteiger partial charge in [0.1, 0.15) is 0 Å². The van der Waals surface area contributed by atoms with Crippen molar-refractivity contribution in [3.63, 3.8) is 0 Å². The summed E-state index contributed by atoms with van der Waals surface area (Å²) in [5.41, 5.74) is 2.11. The molecule has 25 heavy (non-hydrogen) atoms. The Bertz CT molecular complexity index is 621. The Morgan fingerprint density at radius 1 is 0.920 bits per heavy atom. The van der Waals surface area contributed by atoms with Crippen molar-refractivity contribution in [2.75, 3.05) is 13.2 Å². The molecule has 1 fully saturated rings. The summed E-state index contributed by atoms with van der Waals surface area (Å²) in [5.74, 6) is 0. The second kappa shape index (κ2) is 8.79. The van der Waals surface area contributed by atoms with Crippen molar-refractivity contribution >= 4 is 13.3 Å². The summed E-state index contributed by atoms with van der Waals surface area (Å²) in [6.45, 7) is 6.71. The molecule has 3 heteroatoms. The third-order valence-corrected chi connectivity index (χ3v) is 9.87. The molecule has 2 aromatic carbocycles. The van der Waals surface area contributed by atoms with Gasteiger partial charge in [-0.2, -0.15) is 0 Å². The fourth-order valence-electron chi connectivity index (χ4n) is 3.76. The topological polar surface area (TPSA) is 18.5 Å². The number of hydrogen-bond acceptors (Lipinski definition) is 2. The Morgan fingerprint density at radius 3 is 2.16 bits per heavy atom. The molecule has 1 atom stereocenters. The largest absolute Gasteiger partial charge is 0.353 e. The maximum absolute atomic E-state index is 5.79. The second-order valence-electron chi connectivity index (χ2n) is 7.58. The first-order valence-corrected chi connectivity index (χ1v) is 12.6. The van der Waals surface area contributed by atoms with Crippen LogP contribution in [-0.2, 0) is 15.9 Å². The summed E-state index contributed by atoms with van der Waals surface area (Å²) in [6, 6.07) is 22.0. The highest BCUT2D eigenvalue weighted by Gasteiger charge is 2.34. The number of benzene rings is 2. The van der Waals surface area contributed by atoms with E-state index in [4.69, 9.17) is 9.47 Å². The molecule has 0 aliphatic carbocycles. The summed E-state index contributed by atoms with van der Waals surface area (Å²) in [4.78, 5) is 0. The van der Waals surface area contributed by atoms with E-state index in [0.29, 0.717) is 5.54 Å².